The molecule has 0 aliphatic rings. The molecule has 0 saturated heterocycles. The molecule has 1 unspecified atom stereocenters. The Morgan fingerprint density at radius 3 is 2.15 bits per heavy atom. The van der Waals surface area contributed by atoms with Gasteiger partial charge >= 0.3 is 17.9 Å². The molecule has 146 valence electrons. The minimum atomic E-state index is -1.01. The van der Waals surface area contributed by atoms with Crippen molar-refractivity contribution in [3.8, 4) is 0 Å². The third-order valence-corrected chi connectivity index (χ3v) is 3.05. The summed E-state index contributed by atoms with van der Waals surface area (Å²) in [7, 11) is 0. The van der Waals surface area contributed by atoms with Crippen LogP contribution in [-0.2, 0) is 23.7 Å². The van der Waals surface area contributed by atoms with Gasteiger partial charge in [0.1, 0.15) is 25.9 Å². The van der Waals surface area contributed by atoms with Crippen molar-refractivity contribution in [1.82, 2.24) is 0 Å². The molecule has 0 heterocycles. The van der Waals surface area contributed by atoms with Crippen LogP contribution < -0.4 is 0 Å². The lowest BCUT2D eigenvalue weighted by atomic mass is 10.1. The van der Waals surface area contributed by atoms with E-state index in [0.717, 1.165) is 6.08 Å². The van der Waals surface area contributed by atoms with Crippen molar-refractivity contribution in [2.45, 2.75) is 6.10 Å². The number of hydrogen-bond acceptors (Lipinski definition) is 8. The minimum absolute atomic E-state index is 0.00468. The molecule has 0 aromatic heterocycles. The van der Waals surface area contributed by atoms with Crippen molar-refractivity contribution in [2.75, 3.05) is 33.0 Å². The summed E-state index contributed by atoms with van der Waals surface area (Å²) in [6.07, 6.45) is 1.51. The molecule has 1 rings (SSSR count). The molecule has 8 heteroatoms. The van der Waals surface area contributed by atoms with Gasteiger partial charge in [0.15, 0.2) is 0 Å². The molecule has 0 saturated carbocycles. The van der Waals surface area contributed by atoms with Crippen LogP contribution in [0.5, 0.6) is 0 Å². The molecule has 1 N–H and O–H groups in total. The second kappa shape index (κ2) is 12.4. The summed E-state index contributed by atoms with van der Waals surface area (Å²) >= 11 is 0. The number of aliphatic hydroxyl groups excluding tert-OH is 1. The van der Waals surface area contributed by atoms with E-state index in [1.54, 1.807) is 12.1 Å². The smallest absolute Gasteiger partial charge is 0.339 e. The summed E-state index contributed by atoms with van der Waals surface area (Å²) < 4.78 is 19.7. The lowest BCUT2D eigenvalue weighted by Gasteiger charge is -2.13. The van der Waals surface area contributed by atoms with E-state index in [4.69, 9.17) is 14.2 Å². The lowest BCUT2D eigenvalue weighted by Crippen LogP contribution is -2.24. The summed E-state index contributed by atoms with van der Waals surface area (Å²) in [4.78, 5) is 35.2. The summed E-state index contributed by atoms with van der Waals surface area (Å²) in [5.74, 6) is -2.19. The first kappa shape index (κ1) is 22.1. The highest BCUT2D eigenvalue weighted by atomic mass is 16.6. The van der Waals surface area contributed by atoms with Gasteiger partial charge in [0.05, 0.1) is 24.3 Å². The molecule has 1 aromatic carbocycles. The van der Waals surface area contributed by atoms with E-state index in [2.05, 4.69) is 17.9 Å². The number of carbonyl (C=O) groups excluding carboxylic acids is 3. The first-order valence-corrected chi connectivity index (χ1v) is 8.08. The molecule has 0 aliphatic carbocycles. The molecule has 1 aromatic rings. The largest absolute Gasteiger partial charge is 0.459 e. The number of carbonyl (C=O) groups is 3. The van der Waals surface area contributed by atoms with Crippen LogP contribution >= 0.6 is 0 Å². The first-order chi connectivity index (χ1) is 13.0. The van der Waals surface area contributed by atoms with E-state index in [9.17, 15) is 19.5 Å². The fraction of sp³-hybridized carbons (Fsp3) is 0.316. The monoisotopic (exact) mass is 378 g/mol. The average molecular weight is 378 g/mol. The molecule has 0 radical (unpaired) electrons. The fourth-order valence-electron chi connectivity index (χ4n) is 1.84. The molecule has 0 amide bonds. The van der Waals surface area contributed by atoms with Crippen LogP contribution in [0.3, 0.4) is 0 Å². The maximum Gasteiger partial charge on any atom is 0.339 e. The quantitative estimate of drug-likeness (QED) is 0.191. The molecule has 0 spiro atoms. The van der Waals surface area contributed by atoms with Crippen molar-refractivity contribution in [2.24, 2.45) is 0 Å². The Hall–Kier alpha value is -2.97. The van der Waals surface area contributed by atoms with Gasteiger partial charge in [-0.15, -0.1) is 6.58 Å². The van der Waals surface area contributed by atoms with Gasteiger partial charge in [-0.25, -0.2) is 14.4 Å². The number of ether oxygens (including phenoxy) is 4. The molecule has 27 heavy (non-hydrogen) atoms. The Bertz CT molecular complexity index is 667. The maximum absolute atomic E-state index is 12.2. The number of hydrogen-bond donors (Lipinski definition) is 1. The zero-order valence-corrected chi connectivity index (χ0v) is 14.8. The Kier molecular flexibility index (Phi) is 10.1. The van der Waals surface area contributed by atoms with Gasteiger partial charge in [-0.1, -0.05) is 24.8 Å². The van der Waals surface area contributed by atoms with Crippen molar-refractivity contribution in [1.29, 1.82) is 0 Å². The van der Waals surface area contributed by atoms with Crippen LogP contribution in [0.1, 0.15) is 20.7 Å². The maximum atomic E-state index is 12.2. The third kappa shape index (κ3) is 8.30. The SMILES string of the molecule is C=CCOCC(O)COC(=O)c1ccccc1C(=O)OCCOC(=O)C=C. The molecular weight excluding hydrogens is 356 g/mol. The van der Waals surface area contributed by atoms with E-state index in [1.165, 1.54) is 18.2 Å². The summed E-state index contributed by atoms with van der Waals surface area (Å²) in [5, 5.41) is 9.68. The fourth-order valence-corrected chi connectivity index (χ4v) is 1.84. The van der Waals surface area contributed by atoms with Gasteiger partial charge in [-0.2, -0.15) is 0 Å². The Balaban J connectivity index is 2.57. The Labute approximate surface area is 157 Å². The van der Waals surface area contributed by atoms with Gasteiger partial charge in [0.25, 0.3) is 0 Å². The highest BCUT2D eigenvalue weighted by Crippen LogP contribution is 2.12. The second-order valence-electron chi connectivity index (χ2n) is 5.13. The normalized spacial score (nSPS) is 11.1. The summed E-state index contributed by atoms with van der Waals surface area (Å²) in [6, 6.07) is 5.92. The highest BCUT2D eigenvalue weighted by Gasteiger charge is 2.20. The standard InChI is InChI=1S/C19H22O8/c1-3-9-24-12-14(20)13-27-19(23)16-8-6-5-7-15(16)18(22)26-11-10-25-17(21)4-2/h3-8,14,20H,1-2,9-13H2. The molecule has 1 atom stereocenters. The van der Waals surface area contributed by atoms with Crippen molar-refractivity contribution in [3.05, 3.63) is 60.7 Å². The summed E-state index contributed by atoms with van der Waals surface area (Å²) in [6.45, 7) is 6.34. The molecular formula is C19H22O8. The number of esters is 3. The van der Waals surface area contributed by atoms with Gasteiger partial charge in [0, 0.05) is 6.08 Å². The van der Waals surface area contributed by atoms with E-state index < -0.39 is 24.0 Å². The van der Waals surface area contributed by atoms with Crippen LogP contribution in [0.15, 0.2) is 49.6 Å². The van der Waals surface area contributed by atoms with Crippen LogP contribution in [0.4, 0.5) is 0 Å². The second-order valence-corrected chi connectivity index (χ2v) is 5.13. The molecule has 8 nitrogen and oxygen atoms in total. The van der Waals surface area contributed by atoms with Crippen LogP contribution in [0.25, 0.3) is 0 Å². The number of benzene rings is 1. The van der Waals surface area contributed by atoms with Crippen molar-refractivity contribution >= 4 is 17.9 Å². The van der Waals surface area contributed by atoms with Crippen molar-refractivity contribution < 1.29 is 38.4 Å². The average Bonchev–Trinajstić information content (AvgIpc) is 2.69. The van der Waals surface area contributed by atoms with E-state index >= 15 is 0 Å². The number of aliphatic hydroxyl groups is 1. The predicted molar refractivity (Wildman–Crippen MR) is 95.2 cm³/mol. The summed E-state index contributed by atoms with van der Waals surface area (Å²) in [5.41, 5.74) is -0.0141. The predicted octanol–water partition coefficient (Wildman–Crippen LogP) is 1.29. The van der Waals surface area contributed by atoms with E-state index in [0.29, 0.717) is 0 Å². The Morgan fingerprint density at radius 2 is 1.56 bits per heavy atom. The molecule has 0 fully saturated rings. The first-order valence-electron chi connectivity index (χ1n) is 8.08. The Morgan fingerprint density at radius 1 is 0.963 bits per heavy atom. The number of rotatable bonds is 12. The van der Waals surface area contributed by atoms with Crippen LogP contribution in [0.2, 0.25) is 0 Å². The zero-order valence-electron chi connectivity index (χ0n) is 14.8. The van der Waals surface area contributed by atoms with Gasteiger partial charge in [-0.3, -0.25) is 0 Å². The highest BCUT2D eigenvalue weighted by molar-refractivity contribution is 6.03. The molecule has 0 bridgehead atoms. The van der Waals surface area contributed by atoms with Crippen LogP contribution in [0, 0.1) is 0 Å². The lowest BCUT2D eigenvalue weighted by molar-refractivity contribution is -0.138. The molecule has 0 aliphatic heterocycles. The van der Waals surface area contributed by atoms with Gasteiger partial charge < -0.3 is 24.1 Å². The van der Waals surface area contributed by atoms with Gasteiger partial charge in [-0.05, 0) is 12.1 Å². The minimum Gasteiger partial charge on any atom is -0.459 e. The zero-order chi connectivity index (χ0) is 20.1. The third-order valence-electron chi connectivity index (χ3n) is 3.05. The van der Waals surface area contributed by atoms with Crippen molar-refractivity contribution in [3.63, 3.8) is 0 Å². The van der Waals surface area contributed by atoms with Gasteiger partial charge in [0.2, 0.25) is 0 Å². The topological polar surface area (TPSA) is 108 Å². The van der Waals surface area contributed by atoms with E-state index in [-0.39, 0.29) is 44.2 Å². The van der Waals surface area contributed by atoms with Crippen LogP contribution in [-0.4, -0.2) is 62.2 Å². The van der Waals surface area contributed by atoms with E-state index in [1.807, 2.05) is 0 Å².